The van der Waals surface area contributed by atoms with Crippen LogP contribution in [0.1, 0.15) is 17.3 Å². The fourth-order valence-electron chi connectivity index (χ4n) is 4.12. The van der Waals surface area contributed by atoms with E-state index in [2.05, 4.69) is 66.7 Å². The third-order valence-electron chi connectivity index (χ3n) is 5.36. The van der Waals surface area contributed by atoms with Crippen LogP contribution in [0.5, 0.6) is 0 Å². The molecular weight excluding hydrogens is 328 g/mol. The van der Waals surface area contributed by atoms with Crippen molar-refractivity contribution in [2.75, 3.05) is 0 Å². The number of benzene rings is 5. The van der Waals surface area contributed by atoms with Crippen molar-refractivity contribution in [2.45, 2.75) is 6.92 Å². The van der Waals surface area contributed by atoms with Crippen molar-refractivity contribution in [3.63, 3.8) is 0 Å². The fourth-order valence-corrected chi connectivity index (χ4v) is 4.12. The summed E-state index contributed by atoms with van der Waals surface area (Å²) in [4.78, 5) is 12.1. The van der Waals surface area contributed by atoms with Crippen LogP contribution in [0.25, 0.3) is 43.4 Å². The molecule has 0 saturated heterocycles. The molecule has 5 aromatic rings. The van der Waals surface area contributed by atoms with E-state index in [1.54, 1.807) is 6.92 Å². The number of hydrogen-bond acceptors (Lipinski definition) is 1. The molecule has 27 heavy (non-hydrogen) atoms. The van der Waals surface area contributed by atoms with E-state index in [1.807, 2.05) is 24.3 Å². The van der Waals surface area contributed by atoms with Crippen molar-refractivity contribution in [1.29, 1.82) is 0 Å². The normalized spacial score (nSPS) is 11.3. The third-order valence-corrected chi connectivity index (χ3v) is 5.36. The highest BCUT2D eigenvalue weighted by Crippen LogP contribution is 2.38. The summed E-state index contributed by atoms with van der Waals surface area (Å²) in [6.07, 6.45) is 0. The SMILES string of the molecule is CC(=O)c1ccc(-c2cc3ccccc3c3ccccc23)c2ccccc12. The lowest BCUT2D eigenvalue weighted by Crippen LogP contribution is -1.95. The van der Waals surface area contributed by atoms with E-state index in [0.717, 1.165) is 21.9 Å². The van der Waals surface area contributed by atoms with Gasteiger partial charge in [0.15, 0.2) is 5.78 Å². The predicted molar refractivity (Wildman–Crippen MR) is 114 cm³/mol. The summed E-state index contributed by atoms with van der Waals surface area (Å²) >= 11 is 0. The van der Waals surface area contributed by atoms with Crippen LogP contribution in [0.2, 0.25) is 0 Å². The van der Waals surface area contributed by atoms with Crippen LogP contribution in [0.4, 0.5) is 0 Å². The van der Waals surface area contributed by atoms with Crippen LogP contribution in [-0.4, -0.2) is 5.78 Å². The van der Waals surface area contributed by atoms with Gasteiger partial charge in [0.05, 0.1) is 0 Å². The van der Waals surface area contributed by atoms with Gasteiger partial charge in [-0.05, 0) is 56.4 Å². The number of hydrogen-bond donors (Lipinski definition) is 0. The average molecular weight is 346 g/mol. The summed E-state index contributed by atoms with van der Waals surface area (Å²) in [6.45, 7) is 1.63. The van der Waals surface area contributed by atoms with Crippen LogP contribution in [0, 0.1) is 0 Å². The molecule has 0 amide bonds. The zero-order chi connectivity index (χ0) is 18.4. The average Bonchev–Trinajstić information content (AvgIpc) is 2.72. The molecule has 0 unspecified atom stereocenters. The maximum Gasteiger partial charge on any atom is 0.160 e. The minimum Gasteiger partial charge on any atom is -0.294 e. The Morgan fingerprint density at radius 1 is 0.556 bits per heavy atom. The quantitative estimate of drug-likeness (QED) is 0.248. The van der Waals surface area contributed by atoms with Crippen molar-refractivity contribution in [1.82, 2.24) is 0 Å². The molecule has 0 radical (unpaired) electrons. The number of carbonyl (C=O) groups is 1. The minimum atomic E-state index is 0.0983. The van der Waals surface area contributed by atoms with Gasteiger partial charge in [-0.2, -0.15) is 0 Å². The molecule has 0 aliphatic rings. The second-order valence-electron chi connectivity index (χ2n) is 6.95. The lowest BCUT2D eigenvalue weighted by molar-refractivity contribution is 0.101. The lowest BCUT2D eigenvalue weighted by atomic mass is 9.89. The fraction of sp³-hybridized carbons (Fsp3) is 0.0385. The van der Waals surface area contributed by atoms with E-state index >= 15 is 0 Å². The Labute approximate surface area is 157 Å². The molecule has 5 aromatic carbocycles. The zero-order valence-electron chi connectivity index (χ0n) is 15.1. The van der Waals surface area contributed by atoms with E-state index in [0.29, 0.717) is 0 Å². The number of ketones is 1. The summed E-state index contributed by atoms with van der Waals surface area (Å²) in [5.41, 5.74) is 3.15. The molecular formula is C26H18O. The standard InChI is InChI=1S/C26H18O/c1-17(27)19-14-15-25(23-12-6-4-10-21(19)23)26-16-18-8-2-3-9-20(18)22-11-5-7-13-24(22)26/h2-16H,1H3. The predicted octanol–water partition coefficient (Wildman–Crippen LogP) is 7.02. The molecule has 0 bridgehead atoms. The molecule has 5 rings (SSSR count). The van der Waals surface area contributed by atoms with Gasteiger partial charge in [-0.25, -0.2) is 0 Å². The van der Waals surface area contributed by atoms with Crippen molar-refractivity contribution in [3.05, 3.63) is 96.6 Å². The molecule has 0 atom stereocenters. The second-order valence-corrected chi connectivity index (χ2v) is 6.95. The molecule has 1 nitrogen and oxygen atoms in total. The van der Waals surface area contributed by atoms with Crippen molar-refractivity contribution < 1.29 is 4.79 Å². The molecule has 128 valence electrons. The van der Waals surface area contributed by atoms with Crippen molar-refractivity contribution in [3.8, 4) is 11.1 Å². The number of Topliss-reactive ketones (excluding diaryl/α,β-unsaturated/α-hetero) is 1. The maximum atomic E-state index is 12.1. The van der Waals surface area contributed by atoms with Gasteiger partial charge in [0.2, 0.25) is 0 Å². The van der Waals surface area contributed by atoms with Gasteiger partial charge in [0, 0.05) is 5.56 Å². The van der Waals surface area contributed by atoms with Crippen LogP contribution in [0.15, 0.2) is 91.0 Å². The first-order valence-electron chi connectivity index (χ1n) is 9.17. The monoisotopic (exact) mass is 346 g/mol. The first kappa shape index (κ1) is 15.8. The molecule has 0 saturated carbocycles. The zero-order valence-corrected chi connectivity index (χ0v) is 15.1. The smallest absolute Gasteiger partial charge is 0.160 e. The van der Waals surface area contributed by atoms with Crippen LogP contribution < -0.4 is 0 Å². The minimum absolute atomic E-state index is 0.0983. The summed E-state index contributed by atoms with van der Waals surface area (Å²) in [6, 6.07) is 31.6. The molecule has 0 aliphatic carbocycles. The van der Waals surface area contributed by atoms with Crippen LogP contribution in [0.3, 0.4) is 0 Å². The van der Waals surface area contributed by atoms with E-state index in [1.165, 1.54) is 27.1 Å². The second kappa shape index (κ2) is 6.07. The molecule has 0 fully saturated rings. The summed E-state index contributed by atoms with van der Waals surface area (Å²) in [5.74, 6) is 0.0983. The molecule has 0 N–H and O–H groups in total. The molecule has 0 aliphatic heterocycles. The summed E-state index contributed by atoms with van der Waals surface area (Å²) < 4.78 is 0. The van der Waals surface area contributed by atoms with Gasteiger partial charge in [0.1, 0.15) is 0 Å². The van der Waals surface area contributed by atoms with Crippen LogP contribution >= 0.6 is 0 Å². The first-order valence-corrected chi connectivity index (χ1v) is 9.17. The van der Waals surface area contributed by atoms with Gasteiger partial charge in [-0.15, -0.1) is 0 Å². The molecule has 0 spiro atoms. The Bertz CT molecular complexity index is 1340. The lowest BCUT2D eigenvalue weighted by Gasteiger charge is -2.14. The highest BCUT2D eigenvalue weighted by atomic mass is 16.1. The van der Waals surface area contributed by atoms with Gasteiger partial charge in [-0.3, -0.25) is 4.79 Å². The van der Waals surface area contributed by atoms with E-state index in [-0.39, 0.29) is 5.78 Å². The topological polar surface area (TPSA) is 17.1 Å². The summed E-state index contributed by atoms with van der Waals surface area (Å²) in [5, 5.41) is 7.11. The molecule has 0 heterocycles. The van der Waals surface area contributed by atoms with E-state index in [9.17, 15) is 4.79 Å². The Morgan fingerprint density at radius 3 is 1.81 bits per heavy atom. The molecule has 1 heteroatoms. The Morgan fingerprint density at radius 2 is 1.11 bits per heavy atom. The van der Waals surface area contributed by atoms with Crippen molar-refractivity contribution in [2.24, 2.45) is 0 Å². The summed E-state index contributed by atoms with van der Waals surface area (Å²) in [7, 11) is 0. The van der Waals surface area contributed by atoms with Gasteiger partial charge in [0.25, 0.3) is 0 Å². The third kappa shape index (κ3) is 2.43. The Kier molecular flexibility index (Phi) is 3.54. The Balaban J connectivity index is 1.94. The molecule has 0 aromatic heterocycles. The Hall–Kier alpha value is -3.45. The number of carbonyl (C=O) groups excluding carboxylic acids is 1. The largest absolute Gasteiger partial charge is 0.294 e. The van der Waals surface area contributed by atoms with Crippen LogP contribution in [-0.2, 0) is 0 Å². The maximum absolute atomic E-state index is 12.1. The number of fused-ring (bicyclic) bond motifs is 4. The van der Waals surface area contributed by atoms with E-state index in [4.69, 9.17) is 0 Å². The van der Waals surface area contributed by atoms with Gasteiger partial charge >= 0.3 is 0 Å². The van der Waals surface area contributed by atoms with E-state index < -0.39 is 0 Å². The van der Waals surface area contributed by atoms with Gasteiger partial charge in [-0.1, -0.05) is 84.9 Å². The van der Waals surface area contributed by atoms with Crippen molar-refractivity contribution >= 4 is 38.1 Å². The highest BCUT2D eigenvalue weighted by Gasteiger charge is 2.13. The first-order chi connectivity index (χ1) is 13.2. The van der Waals surface area contributed by atoms with Gasteiger partial charge < -0.3 is 0 Å². The number of rotatable bonds is 2. The highest BCUT2D eigenvalue weighted by molar-refractivity contribution is 6.18.